The fourth-order valence-electron chi connectivity index (χ4n) is 2.03. The van der Waals surface area contributed by atoms with Crippen molar-refractivity contribution < 1.29 is 4.74 Å². The van der Waals surface area contributed by atoms with Gasteiger partial charge in [-0.25, -0.2) is 0 Å². The highest BCUT2D eigenvalue weighted by atomic mass is 35.5. The normalized spacial score (nSPS) is 25.9. The third-order valence-corrected chi connectivity index (χ3v) is 3.01. The van der Waals surface area contributed by atoms with Crippen LogP contribution in [0.25, 0.3) is 0 Å². The van der Waals surface area contributed by atoms with Crippen LogP contribution in [0.4, 0.5) is 0 Å². The molecule has 1 aliphatic heterocycles. The van der Waals surface area contributed by atoms with Crippen molar-refractivity contribution in [3.05, 3.63) is 35.4 Å². The van der Waals surface area contributed by atoms with E-state index in [9.17, 15) is 0 Å². The Morgan fingerprint density at radius 2 is 2.07 bits per heavy atom. The number of rotatable bonds is 2. The Balaban J connectivity index is 2.31. The standard InChI is InChI=1S/C12H15ClO/c1-9-8-14-12(6-7-13)11-5-3-2-4-10(9)11/h2-5,9,12H,6-8H2,1H3. The first kappa shape index (κ1) is 10.0. The van der Waals surface area contributed by atoms with Crippen LogP contribution in [-0.4, -0.2) is 12.5 Å². The minimum atomic E-state index is 0.208. The smallest absolute Gasteiger partial charge is 0.0839 e. The van der Waals surface area contributed by atoms with Crippen LogP contribution in [0.5, 0.6) is 0 Å². The van der Waals surface area contributed by atoms with Gasteiger partial charge in [0.15, 0.2) is 0 Å². The topological polar surface area (TPSA) is 9.23 Å². The van der Waals surface area contributed by atoms with E-state index in [1.54, 1.807) is 0 Å². The van der Waals surface area contributed by atoms with Gasteiger partial charge in [-0.15, -0.1) is 11.6 Å². The predicted molar refractivity (Wildman–Crippen MR) is 58.9 cm³/mol. The van der Waals surface area contributed by atoms with E-state index in [4.69, 9.17) is 16.3 Å². The van der Waals surface area contributed by atoms with Crippen LogP contribution in [0.1, 0.15) is 36.5 Å². The largest absolute Gasteiger partial charge is 0.373 e. The van der Waals surface area contributed by atoms with Crippen molar-refractivity contribution in [2.75, 3.05) is 12.5 Å². The van der Waals surface area contributed by atoms with Crippen LogP contribution in [0.15, 0.2) is 24.3 Å². The quantitative estimate of drug-likeness (QED) is 0.679. The molecule has 0 amide bonds. The molecule has 1 nitrogen and oxygen atoms in total. The number of hydrogen-bond acceptors (Lipinski definition) is 1. The van der Waals surface area contributed by atoms with Gasteiger partial charge in [-0.3, -0.25) is 0 Å². The molecule has 1 aromatic carbocycles. The first-order valence-electron chi connectivity index (χ1n) is 5.09. The Morgan fingerprint density at radius 3 is 2.79 bits per heavy atom. The number of halogens is 1. The van der Waals surface area contributed by atoms with Crippen LogP contribution in [0.2, 0.25) is 0 Å². The summed E-state index contributed by atoms with van der Waals surface area (Å²) in [7, 11) is 0. The van der Waals surface area contributed by atoms with Crippen LogP contribution in [-0.2, 0) is 4.74 Å². The molecule has 1 aliphatic rings. The maximum absolute atomic E-state index is 5.77. The van der Waals surface area contributed by atoms with Crippen molar-refractivity contribution in [2.45, 2.75) is 25.4 Å². The number of benzene rings is 1. The lowest BCUT2D eigenvalue weighted by atomic mass is 9.90. The van der Waals surface area contributed by atoms with Crippen molar-refractivity contribution in [3.8, 4) is 0 Å². The molecule has 2 rings (SSSR count). The number of hydrogen-bond donors (Lipinski definition) is 0. The molecule has 0 saturated heterocycles. The maximum Gasteiger partial charge on any atom is 0.0839 e. The summed E-state index contributed by atoms with van der Waals surface area (Å²) in [6, 6.07) is 8.52. The highest BCUT2D eigenvalue weighted by molar-refractivity contribution is 6.17. The van der Waals surface area contributed by atoms with Gasteiger partial charge in [0, 0.05) is 11.8 Å². The van der Waals surface area contributed by atoms with Crippen molar-refractivity contribution in [1.29, 1.82) is 0 Å². The molecule has 0 saturated carbocycles. The summed E-state index contributed by atoms with van der Waals surface area (Å²) < 4.78 is 5.77. The zero-order chi connectivity index (χ0) is 9.97. The molecular formula is C12H15ClO. The zero-order valence-corrected chi connectivity index (χ0v) is 9.13. The molecule has 0 N–H and O–H groups in total. The lowest BCUT2D eigenvalue weighted by molar-refractivity contribution is 0.0287. The molecule has 0 fully saturated rings. The molecule has 1 aromatic rings. The summed E-state index contributed by atoms with van der Waals surface area (Å²) >= 11 is 5.76. The SMILES string of the molecule is CC1COC(CCCl)c2ccccc21. The second-order valence-corrected chi connectivity index (χ2v) is 4.21. The van der Waals surface area contributed by atoms with Gasteiger partial charge < -0.3 is 4.74 Å². The Hall–Kier alpha value is -0.530. The second-order valence-electron chi connectivity index (χ2n) is 3.83. The Labute approximate surface area is 90.0 Å². The molecule has 0 bridgehead atoms. The van der Waals surface area contributed by atoms with Crippen molar-refractivity contribution in [3.63, 3.8) is 0 Å². The molecule has 0 radical (unpaired) electrons. The molecule has 2 atom stereocenters. The van der Waals surface area contributed by atoms with E-state index in [1.165, 1.54) is 11.1 Å². The third kappa shape index (κ3) is 1.79. The highest BCUT2D eigenvalue weighted by Gasteiger charge is 2.24. The van der Waals surface area contributed by atoms with Crippen molar-refractivity contribution >= 4 is 11.6 Å². The molecule has 14 heavy (non-hydrogen) atoms. The van der Waals surface area contributed by atoms with E-state index in [0.717, 1.165) is 13.0 Å². The van der Waals surface area contributed by atoms with E-state index in [-0.39, 0.29) is 6.10 Å². The van der Waals surface area contributed by atoms with Gasteiger partial charge in [-0.2, -0.15) is 0 Å². The van der Waals surface area contributed by atoms with Crippen LogP contribution in [0, 0.1) is 0 Å². The number of fused-ring (bicyclic) bond motifs is 1. The average molecular weight is 211 g/mol. The predicted octanol–water partition coefficient (Wildman–Crippen LogP) is 3.49. The summed E-state index contributed by atoms with van der Waals surface area (Å²) in [5, 5.41) is 0. The van der Waals surface area contributed by atoms with Gasteiger partial charge >= 0.3 is 0 Å². The number of ether oxygens (including phenoxy) is 1. The molecular weight excluding hydrogens is 196 g/mol. The summed E-state index contributed by atoms with van der Waals surface area (Å²) in [6.07, 6.45) is 1.12. The van der Waals surface area contributed by atoms with E-state index in [0.29, 0.717) is 11.8 Å². The highest BCUT2D eigenvalue weighted by Crippen LogP contribution is 2.35. The van der Waals surface area contributed by atoms with Gasteiger partial charge in [0.25, 0.3) is 0 Å². The molecule has 0 spiro atoms. The monoisotopic (exact) mass is 210 g/mol. The van der Waals surface area contributed by atoms with E-state index < -0.39 is 0 Å². The molecule has 76 valence electrons. The van der Waals surface area contributed by atoms with Crippen molar-refractivity contribution in [2.24, 2.45) is 0 Å². The number of alkyl halides is 1. The van der Waals surface area contributed by atoms with E-state index in [1.807, 2.05) is 0 Å². The van der Waals surface area contributed by atoms with Crippen LogP contribution in [0.3, 0.4) is 0 Å². The summed E-state index contributed by atoms with van der Waals surface area (Å²) in [5.74, 6) is 1.17. The minimum absolute atomic E-state index is 0.208. The Kier molecular flexibility index (Phi) is 3.09. The molecule has 0 aromatic heterocycles. The molecule has 0 aliphatic carbocycles. The van der Waals surface area contributed by atoms with Gasteiger partial charge in [0.1, 0.15) is 0 Å². The van der Waals surface area contributed by atoms with Gasteiger partial charge in [0.2, 0.25) is 0 Å². The van der Waals surface area contributed by atoms with E-state index >= 15 is 0 Å². The summed E-state index contributed by atoms with van der Waals surface area (Å²) in [5.41, 5.74) is 2.75. The maximum atomic E-state index is 5.77. The van der Waals surface area contributed by atoms with E-state index in [2.05, 4.69) is 31.2 Å². The summed E-state index contributed by atoms with van der Waals surface area (Å²) in [6.45, 7) is 3.02. The van der Waals surface area contributed by atoms with Gasteiger partial charge in [-0.1, -0.05) is 31.2 Å². The first-order valence-corrected chi connectivity index (χ1v) is 5.62. The Bertz CT molecular complexity index is 311. The average Bonchev–Trinajstić information content (AvgIpc) is 2.23. The van der Waals surface area contributed by atoms with Crippen molar-refractivity contribution in [1.82, 2.24) is 0 Å². The zero-order valence-electron chi connectivity index (χ0n) is 8.37. The van der Waals surface area contributed by atoms with Crippen LogP contribution >= 0.6 is 11.6 Å². The molecule has 2 unspecified atom stereocenters. The van der Waals surface area contributed by atoms with Gasteiger partial charge in [0.05, 0.1) is 12.7 Å². The van der Waals surface area contributed by atoms with Crippen LogP contribution < -0.4 is 0 Å². The third-order valence-electron chi connectivity index (χ3n) is 2.79. The lowest BCUT2D eigenvalue weighted by Gasteiger charge is -2.29. The minimum Gasteiger partial charge on any atom is -0.373 e. The van der Waals surface area contributed by atoms with Gasteiger partial charge in [-0.05, 0) is 17.5 Å². The lowest BCUT2D eigenvalue weighted by Crippen LogP contribution is -2.19. The second kappa shape index (κ2) is 4.33. The fraction of sp³-hybridized carbons (Fsp3) is 0.500. The summed E-state index contributed by atoms with van der Waals surface area (Å²) in [4.78, 5) is 0. The fourth-order valence-corrected chi connectivity index (χ4v) is 2.23. The molecule has 2 heteroatoms. The molecule has 1 heterocycles. The first-order chi connectivity index (χ1) is 6.83. The Morgan fingerprint density at radius 1 is 1.36 bits per heavy atom.